The van der Waals surface area contributed by atoms with E-state index in [1.54, 1.807) is 29.2 Å². The van der Waals surface area contributed by atoms with Crippen LogP contribution < -0.4 is 0 Å². The summed E-state index contributed by atoms with van der Waals surface area (Å²) in [4.78, 5) is 38.8. The number of aryl methyl sites for hydroxylation is 1. The number of carbonyl (C=O) groups excluding carboxylic acids is 3. The van der Waals surface area contributed by atoms with Crippen molar-refractivity contribution in [3.63, 3.8) is 0 Å². The van der Waals surface area contributed by atoms with Gasteiger partial charge in [0.15, 0.2) is 5.78 Å². The van der Waals surface area contributed by atoms with E-state index in [4.69, 9.17) is 16.3 Å². The van der Waals surface area contributed by atoms with E-state index in [2.05, 4.69) is 0 Å². The number of ketones is 1. The van der Waals surface area contributed by atoms with Gasteiger partial charge in [0.2, 0.25) is 5.91 Å². The molecule has 1 heterocycles. The Kier molecular flexibility index (Phi) is 9.10. The van der Waals surface area contributed by atoms with Crippen LogP contribution in [0.4, 0.5) is 13.2 Å². The molecule has 0 spiro atoms. The van der Waals surface area contributed by atoms with Crippen molar-refractivity contribution >= 4 is 29.3 Å². The van der Waals surface area contributed by atoms with Gasteiger partial charge in [-0.2, -0.15) is 13.2 Å². The molecule has 0 bridgehead atoms. The van der Waals surface area contributed by atoms with Crippen LogP contribution in [0.15, 0.2) is 78.9 Å². The van der Waals surface area contributed by atoms with E-state index in [1.807, 2.05) is 12.1 Å². The highest BCUT2D eigenvalue weighted by atomic mass is 35.5. The number of halogens is 4. The number of methoxy groups -OCH3 is 1. The first-order chi connectivity index (χ1) is 19.1. The number of alkyl halides is 3. The van der Waals surface area contributed by atoms with Gasteiger partial charge >= 0.3 is 12.1 Å². The normalized spacial score (nSPS) is 15.6. The SMILES string of the molecule is COC(=O)c1ccc(CCCN2C(=O)CC[C@@H]2/C=C/C(=O)c2cccc(-c3ccc(Cl)cc3C(F)(F)F)c2)cc1. The van der Waals surface area contributed by atoms with Gasteiger partial charge in [-0.1, -0.05) is 54.1 Å². The van der Waals surface area contributed by atoms with Crippen molar-refractivity contribution in [3.8, 4) is 11.1 Å². The van der Waals surface area contributed by atoms with Crippen LogP contribution in [0.1, 0.15) is 51.1 Å². The monoisotopic (exact) mass is 569 g/mol. The maximum absolute atomic E-state index is 13.6. The molecule has 0 saturated carbocycles. The minimum Gasteiger partial charge on any atom is -0.465 e. The maximum Gasteiger partial charge on any atom is 0.417 e. The number of ether oxygens (including phenoxy) is 1. The summed E-state index contributed by atoms with van der Waals surface area (Å²) in [7, 11) is 1.33. The molecule has 40 heavy (non-hydrogen) atoms. The molecule has 0 N–H and O–H groups in total. The van der Waals surface area contributed by atoms with Gasteiger partial charge in [0.1, 0.15) is 0 Å². The van der Waals surface area contributed by atoms with Crippen molar-refractivity contribution < 1.29 is 32.3 Å². The van der Waals surface area contributed by atoms with Crippen molar-refractivity contribution in [1.82, 2.24) is 4.90 Å². The van der Waals surface area contributed by atoms with Crippen LogP contribution in [0.3, 0.4) is 0 Å². The summed E-state index contributed by atoms with van der Waals surface area (Å²) in [5.74, 6) is -0.761. The Labute approximate surface area is 235 Å². The van der Waals surface area contributed by atoms with Crippen molar-refractivity contribution in [2.45, 2.75) is 37.9 Å². The number of benzene rings is 3. The van der Waals surface area contributed by atoms with Gasteiger partial charge in [0.25, 0.3) is 0 Å². The fourth-order valence-corrected chi connectivity index (χ4v) is 4.93. The summed E-state index contributed by atoms with van der Waals surface area (Å²) < 4.78 is 45.5. The van der Waals surface area contributed by atoms with Crippen LogP contribution in [0.5, 0.6) is 0 Å². The molecule has 4 rings (SSSR count). The maximum atomic E-state index is 13.6. The molecule has 1 aliphatic rings. The largest absolute Gasteiger partial charge is 0.465 e. The first-order valence-corrected chi connectivity index (χ1v) is 13.1. The summed E-state index contributed by atoms with van der Waals surface area (Å²) >= 11 is 5.79. The third kappa shape index (κ3) is 6.99. The molecule has 0 unspecified atom stereocenters. The second kappa shape index (κ2) is 12.5. The zero-order valence-corrected chi connectivity index (χ0v) is 22.5. The second-order valence-corrected chi connectivity index (χ2v) is 9.91. The average Bonchev–Trinajstić information content (AvgIpc) is 3.30. The van der Waals surface area contributed by atoms with E-state index in [-0.39, 0.29) is 39.4 Å². The first-order valence-electron chi connectivity index (χ1n) is 12.7. The van der Waals surface area contributed by atoms with Crippen molar-refractivity contribution in [2.75, 3.05) is 13.7 Å². The van der Waals surface area contributed by atoms with Crippen molar-refractivity contribution in [1.29, 1.82) is 0 Å². The third-order valence-corrected chi connectivity index (χ3v) is 7.06. The number of nitrogens with zero attached hydrogens (tertiary/aromatic N) is 1. The summed E-state index contributed by atoms with van der Waals surface area (Å²) in [6.07, 6.45) is 0.830. The number of carbonyl (C=O) groups is 3. The lowest BCUT2D eigenvalue weighted by atomic mass is 9.96. The molecule has 0 aliphatic carbocycles. The molecule has 1 fully saturated rings. The molecule has 1 amide bonds. The van der Waals surface area contributed by atoms with Gasteiger partial charge in [-0.15, -0.1) is 0 Å². The molecule has 5 nitrogen and oxygen atoms in total. The zero-order valence-electron chi connectivity index (χ0n) is 21.7. The Morgan fingerprint density at radius 2 is 1.80 bits per heavy atom. The second-order valence-electron chi connectivity index (χ2n) is 9.48. The molecule has 0 radical (unpaired) electrons. The van der Waals surface area contributed by atoms with E-state index >= 15 is 0 Å². The highest BCUT2D eigenvalue weighted by Gasteiger charge is 2.34. The van der Waals surface area contributed by atoms with E-state index in [1.165, 1.54) is 43.5 Å². The Morgan fingerprint density at radius 3 is 2.50 bits per heavy atom. The number of esters is 1. The Balaban J connectivity index is 1.41. The van der Waals surface area contributed by atoms with Gasteiger partial charge in [-0.05, 0) is 72.4 Å². The quantitative estimate of drug-likeness (QED) is 0.156. The van der Waals surface area contributed by atoms with Crippen LogP contribution in [0.2, 0.25) is 5.02 Å². The van der Waals surface area contributed by atoms with Crippen LogP contribution in [-0.2, 0) is 22.1 Å². The molecule has 3 aromatic carbocycles. The Hall–Kier alpha value is -3.91. The van der Waals surface area contributed by atoms with Gasteiger partial charge in [0, 0.05) is 23.6 Å². The molecule has 9 heteroatoms. The van der Waals surface area contributed by atoms with Crippen LogP contribution in [0, 0.1) is 0 Å². The lowest BCUT2D eigenvalue weighted by Crippen LogP contribution is -2.33. The average molecular weight is 570 g/mol. The molecule has 1 aliphatic heterocycles. The lowest BCUT2D eigenvalue weighted by Gasteiger charge is -2.22. The minimum atomic E-state index is -4.61. The number of allylic oxidation sites excluding steroid dienone is 1. The summed E-state index contributed by atoms with van der Waals surface area (Å²) in [6.45, 7) is 0.507. The number of rotatable bonds is 9. The first kappa shape index (κ1) is 29.1. The fourth-order valence-electron chi connectivity index (χ4n) is 4.76. The van der Waals surface area contributed by atoms with Gasteiger partial charge in [-0.25, -0.2) is 4.79 Å². The molecular weight excluding hydrogens is 543 g/mol. The predicted octanol–water partition coefficient (Wildman–Crippen LogP) is 7.18. The van der Waals surface area contributed by atoms with Crippen molar-refractivity contribution in [3.05, 3.63) is 106 Å². The van der Waals surface area contributed by atoms with Crippen LogP contribution in [0.25, 0.3) is 11.1 Å². The van der Waals surface area contributed by atoms with Crippen LogP contribution in [-0.4, -0.2) is 42.3 Å². The summed E-state index contributed by atoms with van der Waals surface area (Å²) in [5, 5.41) is -0.0293. The number of hydrogen-bond acceptors (Lipinski definition) is 4. The summed E-state index contributed by atoms with van der Waals surface area (Å²) in [6, 6.07) is 16.4. The smallest absolute Gasteiger partial charge is 0.417 e. The molecular formula is C31H27ClF3NO4. The number of amides is 1. The molecule has 208 valence electrons. The molecule has 1 saturated heterocycles. The molecule has 1 atom stereocenters. The van der Waals surface area contributed by atoms with Gasteiger partial charge < -0.3 is 9.64 Å². The van der Waals surface area contributed by atoms with E-state index in [0.717, 1.165) is 11.6 Å². The highest BCUT2D eigenvalue weighted by Crippen LogP contribution is 2.38. The fraction of sp³-hybridized carbons (Fsp3) is 0.258. The van der Waals surface area contributed by atoms with E-state index < -0.39 is 17.7 Å². The molecule has 3 aromatic rings. The standard InChI is InChI=1S/C31H27ClF3NO4/c1-40-30(39)21-9-7-20(8-10-21)4-3-17-36-25(13-16-29(36)38)12-15-28(37)23-6-2-5-22(18-23)26-14-11-24(32)19-27(26)31(33,34)35/h2,5-12,14-15,18-19,25H,3-4,13,16-17H2,1H3/b15-12+/t25-/m0/s1. The third-order valence-electron chi connectivity index (χ3n) is 6.83. The van der Waals surface area contributed by atoms with E-state index in [0.29, 0.717) is 37.8 Å². The van der Waals surface area contributed by atoms with Gasteiger partial charge in [-0.3, -0.25) is 9.59 Å². The molecule has 0 aromatic heterocycles. The lowest BCUT2D eigenvalue weighted by molar-refractivity contribution is -0.137. The number of hydrogen-bond donors (Lipinski definition) is 0. The highest BCUT2D eigenvalue weighted by molar-refractivity contribution is 6.30. The topological polar surface area (TPSA) is 63.7 Å². The van der Waals surface area contributed by atoms with E-state index in [9.17, 15) is 27.6 Å². The van der Waals surface area contributed by atoms with Crippen LogP contribution >= 0.6 is 11.6 Å². The minimum absolute atomic E-state index is 0.00699. The Bertz CT molecular complexity index is 1430. The van der Waals surface area contributed by atoms with Gasteiger partial charge in [0.05, 0.1) is 24.3 Å². The number of likely N-dealkylation sites (tertiary alicyclic amines) is 1. The zero-order chi connectivity index (χ0) is 28.9. The predicted molar refractivity (Wildman–Crippen MR) is 146 cm³/mol. The summed E-state index contributed by atoms with van der Waals surface area (Å²) in [5.41, 5.74) is 1.04. The Morgan fingerprint density at radius 1 is 1.05 bits per heavy atom. The van der Waals surface area contributed by atoms with Crippen molar-refractivity contribution in [2.24, 2.45) is 0 Å².